The number of benzene rings is 1. The number of aromatic carboxylic acids is 1. The van der Waals surface area contributed by atoms with Crippen molar-refractivity contribution in [3.8, 4) is 11.3 Å². The van der Waals surface area contributed by atoms with Crippen molar-refractivity contribution in [2.75, 3.05) is 5.32 Å². The number of carboxylic acids is 1. The minimum Gasteiger partial charge on any atom is -0.476 e. The first kappa shape index (κ1) is 16.5. The molecule has 1 aromatic heterocycles. The van der Waals surface area contributed by atoms with E-state index in [0.29, 0.717) is 0 Å². The highest BCUT2D eigenvalue weighted by Gasteiger charge is 2.18. The van der Waals surface area contributed by atoms with Crippen molar-refractivity contribution in [3.63, 3.8) is 0 Å². The number of carbonyl (C=O) groups is 2. The van der Waals surface area contributed by atoms with Crippen LogP contribution in [0.2, 0.25) is 0 Å². The maximum Gasteiger partial charge on any atom is 0.412 e. The van der Waals surface area contributed by atoms with Crippen LogP contribution in [0.15, 0.2) is 28.8 Å². The molecule has 1 amide bonds. The molecule has 2 rings (SSSR count). The molecule has 0 fully saturated rings. The molecule has 1 aromatic carbocycles. The van der Waals surface area contributed by atoms with E-state index < -0.39 is 23.5 Å². The molecule has 0 aliphatic rings. The Hall–Kier alpha value is -2.90. The SMILES string of the molecule is CC(C)(C)OC(=O)Nc1ccc(F)c(-c2cc(C(=O)O)no2)c1. The van der Waals surface area contributed by atoms with Crippen molar-refractivity contribution in [2.45, 2.75) is 26.4 Å². The lowest BCUT2D eigenvalue weighted by Gasteiger charge is -2.19. The summed E-state index contributed by atoms with van der Waals surface area (Å²) >= 11 is 0. The van der Waals surface area contributed by atoms with Gasteiger partial charge in [-0.3, -0.25) is 5.32 Å². The van der Waals surface area contributed by atoms with Crippen LogP contribution < -0.4 is 5.32 Å². The Balaban J connectivity index is 2.25. The van der Waals surface area contributed by atoms with Crippen LogP contribution in [0.5, 0.6) is 0 Å². The lowest BCUT2D eigenvalue weighted by atomic mass is 10.1. The third kappa shape index (κ3) is 4.29. The maximum atomic E-state index is 13.9. The summed E-state index contributed by atoms with van der Waals surface area (Å²) in [4.78, 5) is 22.5. The topological polar surface area (TPSA) is 102 Å². The minimum atomic E-state index is -1.29. The van der Waals surface area contributed by atoms with E-state index in [2.05, 4.69) is 10.5 Å². The Morgan fingerprint density at radius 1 is 1.30 bits per heavy atom. The van der Waals surface area contributed by atoms with E-state index in [1.807, 2.05) is 0 Å². The number of nitrogens with one attached hydrogen (secondary N) is 1. The highest BCUT2D eigenvalue weighted by Crippen LogP contribution is 2.27. The molecule has 0 saturated heterocycles. The zero-order valence-electron chi connectivity index (χ0n) is 12.7. The molecule has 0 spiro atoms. The first-order chi connectivity index (χ1) is 10.7. The van der Waals surface area contributed by atoms with Crippen molar-refractivity contribution in [2.24, 2.45) is 0 Å². The fourth-order valence-corrected chi connectivity index (χ4v) is 1.72. The normalized spacial score (nSPS) is 11.1. The van der Waals surface area contributed by atoms with Crippen molar-refractivity contribution >= 4 is 17.7 Å². The summed E-state index contributed by atoms with van der Waals surface area (Å²) in [5.74, 6) is -2.00. The highest BCUT2D eigenvalue weighted by molar-refractivity contribution is 5.88. The Morgan fingerprint density at radius 2 is 2.00 bits per heavy atom. The van der Waals surface area contributed by atoms with Gasteiger partial charge in [-0.15, -0.1) is 0 Å². The van der Waals surface area contributed by atoms with E-state index in [9.17, 15) is 14.0 Å². The van der Waals surface area contributed by atoms with Gasteiger partial charge >= 0.3 is 12.1 Å². The van der Waals surface area contributed by atoms with Crippen molar-refractivity contribution in [1.82, 2.24) is 5.16 Å². The molecule has 0 bridgehead atoms. The van der Waals surface area contributed by atoms with Gasteiger partial charge in [0.2, 0.25) is 0 Å². The number of aromatic nitrogens is 1. The van der Waals surface area contributed by atoms with E-state index in [1.54, 1.807) is 20.8 Å². The summed E-state index contributed by atoms with van der Waals surface area (Å²) in [6, 6.07) is 4.85. The van der Waals surface area contributed by atoms with Crippen molar-refractivity contribution < 1.29 is 28.3 Å². The smallest absolute Gasteiger partial charge is 0.412 e. The first-order valence-corrected chi connectivity index (χ1v) is 6.65. The summed E-state index contributed by atoms with van der Waals surface area (Å²) in [5, 5.41) is 14.6. The summed E-state index contributed by atoms with van der Waals surface area (Å²) in [6.45, 7) is 5.14. The molecular weight excluding hydrogens is 307 g/mol. The number of hydrogen-bond donors (Lipinski definition) is 2. The van der Waals surface area contributed by atoms with E-state index in [0.717, 1.165) is 12.1 Å². The lowest BCUT2D eigenvalue weighted by Crippen LogP contribution is -2.27. The summed E-state index contributed by atoms with van der Waals surface area (Å²) in [7, 11) is 0. The molecule has 8 heteroatoms. The van der Waals surface area contributed by atoms with Gasteiger partial charge in [0.15, 0.2) is 11.5 Å². The Bertz CT molecular complexity index is 749. The average molecular weight is 322 g/mol. The summed E-state index contributed by atoms with van der Waals surface area (Å²) in [6.07, 6.45) is -0.696. The number of carboxylic acid groups (broad SMARTS) is 1. The van der Waals surface area contributed by atoms with Gasteiger partial charge in [-0.25, -0.2) is 14.0 Å². The largest absolute Gasteiger partial charge is 0.476 e. The molecule has 23 heavy (non-hydrogen) atoms. The molecule has 0 unspecified atom stereocenters. The van der Waals surface area contributed by atoms with Gasteiger partial charge in [0.05, 0.1) is 5.56 Å². The zero-order chi connectivity index (χ0) is 17.2. The van der Waals surface area contributed by atoms with Crippen LogP contribution in [0.25, 0.3) is 11.3 Å². The van der Waals surface area contributed by atoms with Gasteiger partial charge in [-0.1, -0.05) is 5.16 Å². The minimum absolute atomic E-state index is 0.0291. The fourth-order valence-electron chi connectivity index (χ4n) is 1.72. The third-order valence-corrected chi connectivity index (χ3v) is 2.61. The quantitative estimate of drug-likeness (QED) is 0.896. The first-order valence-electron chi connectivity index (χ1n) is 6.65. The number of ether oxygens (including phenoxy) is 1. The number of nitrogens with zero attached hydrogens (tertiary/aromatic N) is 1. The second-order valence-electron chi connectivity index (χ2n) is 5.70. The number of rotatable bonds is 3. The van der Waals surface area contributed by atoms with Crippen LogP contribution in [0.1, 0.15) is 31.3 Å². The fraction of sp³-hybridized carbons (Fsp3) is 0.267. The number of anilines is 1. The average Bonchev–Trinajstić information content (AvgIpc) is 2.88. The molecule has 2 aromatic rings. The molecule has 0 saturated carbocycles. The Labute approximate surface area is 131 Å². The Kier molecular flexibility index (Phi) is 4.35. The number of hydrogen-bond acceptors (Lipinski definition) is 5. The van der Waals surface area contributed by atoms with Gasteiger partial charge < -0.3 is 14.4 Å². The highest BCUT2D eigenvalue weighted by atomic mass is 19.1. The van der Waals surface area contributed by atoms with E-state index in [-0.39, 0.29) is 22.7 Å². The standard InChI is InChI=1S/C15H15FN2O5/c1-15(2,3)22-14(21)17-8-4-5-10(16)9(6-8)12-7-11(13(19)20)18-23-12/h4-7H,1-3H3,(H,17,21)(H,19,20). The monoisotopic (exact) mass is 322 g/mol. The predicted octanol–water partition coefficient (Wildman–Crippen LogP) is 3.53. The molecule has 2 N–H and O–H groups in total. The third-order valence-electron chi connectivity index (χ3n) is 2.61. The van der Waals surface area contributed by atoms with Crippen LogP contribution in [-0.2, 0) is 4.74 Å². The summed E-state index contributed by atoms with van der Waals surface area (Å²) in [5.41, 5.74) is -0.777. The second kappa shape index (κ2) is 6.07. The maximum absolute atomic E-state index is 13.9. The Morgan fingerprint density at radius 3 is 2.57 bits per heavy atom. The number of carbonyl (C=O) groups excluding carboxylic acids is 1. The van der Waals surface area contributed by atoms with E-state index in [1.165, 1.54) is 12.1 Å². The van der Waals surface area contributed by atoms with Gasteiger partial charge in [0.25, 0.3) is 0 Å². The second-order valence-corrected chi connectivity index (χ2v) is 5.70. The van der Waals surface area contributed by atoms with Crippen LogP contribution in [0.3, 0.4) is 0 Å². The van der Waals surface area contributed by atoms with Crippen molar-refractivity contribution in [3.05, 3.63) is 35.8 Å². The molecule has 0 aliphatic heterocycles. The van der Waals surface area contributed by atoms with Gasteiger partial charge in [0, 0.05) is 11.8 Å². The number of halogens is 1. The molecule has 0 aliphatic carbocycles. The zero-order valence-corrected chi connectivity index (χ0v) is 12.7. The van der Waals surface area contributed by atoms with Crippen molar-refractivity contribution in [1.29, 1.82) is 0 Å². The van der Waals surface area contributed by atoms with Gasteiger partial charge in [-0.05, 0) is 39.0 Å². The molecule has 1 heterocycles. The van der Waals surface area contributed by atoms with E-state index >= 15 is 0 Å². The van der Waals surface area contributed by atoms with Crippen LogP contribution >= 0.6 is 0 Å². The molecule has 122 valence electrons. The molecule has 0 radical (unpaired) electrons. The molecule has 0 atom stereocenters. The van der Waals surface area contributed by atoms with Crippen LogP contribution in [0, 0.1) is 5.82 Å². The van der Waals surface area contributed by atoms with Gasteiger partial charge in [0.1, 0.15) is 11.4 Å². The van der Waals surface area contributed by atoms with Crippen LogP contribution in [-0.4, -0.2) is 27.9 Å². The lowest BCUT2D eigenvalue weighted by molar-refractivity contribution is 0.0633. The number of amides is 1. The van der Waals surface area contributed by atoms with E-state index in [4.69, 9.17) is 14.4 Å². The summed E-state index contributed by atoms with van der Waals surface area (Å²) < 4.78 is 23.8. The molecular formula is C15H15FN2O5. The van der Waals surface area contributed by atoms with Crippen LogP contribution in [0.4, 0.5) is 14.9 Å². The predicted molar refractivity (Wildman–Crippen MR) is 78.7 cm³/mol. The molecule has 7 nitrogen and oxygen atoms in total. The van der Waals surface area contributed by atoms with Gasteiger partial charge in [-0.2, -0.15) is 0 Å².